The summed E-state index contributed by atoms with van der Waals surface area (Å²) in [5.74, 6) is -0.391. The molecular weight excluding hydrogens is 300 g/mol. The van der Waals surface area contributed by atoms with E-state index in [2.05, 4.69) is 5.43 Å². The van der Waals surface area contributed by atoms with Crippen LogP contribution in [0.3, 0.4) is 0 Å². The molecule has 0 radical (unpaired) electrons. The maximum Gasteiger partial charge on any atom is 0.272 e. The number of benzene rings is 2. The second-order valence-corrected chi connectivity index (χ2v) is 6.14. The van der Waals surface area contributed by atoms with Crippen molar-refractivity contribution in [1.29, 1.82) is 0 Å². The van der Waals surface area contributed by atoms with Gasteiger partial charge < -0.3 is 0 Å². The van der Waals surface area contributed by atoms with Crippen molar-refractivity contribution in [3.05, 3.63) is 71.8 Å². The number of hydrogen-bond donors (Lipinski definition) is 1. The van der Waals surface area contributed by atoms with E-state index < -0.39 is 0 Å². The quantitative estimate of drug-likeness (QED) is 0.874. The SMILES string of the molecule is O=C(NN(C(=O)c1ccccc1)C1CCCCC1)c1ccccc1. The van der Waals surface area contributed by atoms with Gasteiger partial charge in [-0.3, -0.25) is 15.0 Å². The van der Waals surface area contributed by atoms with Gasteiger partial charge in [-0.25, -0.2) is 5.01 Å². The first-order chi connectivity index (χ1) is 11.8. The van der Waals surface area contributed by atoms with Crippen molar-refractivity contribution in [3.8, 4) is 0 Å². The predicted octanol–water partition coefficient (Wildman–Crippen LogP) is 3.81. The summed E-state index contributed by atoms with van der Waals surface area (Å²) in [4.78, 5) is 25.5. The lowest BCUT2D eigenvalue weighted by atomic mass is 9.94. The Bertz CT molecular complexity index is 679. The minimum Gasteiger partial charge on any atom is -0.267 e. The van der Waals surface area contributed by atoms with Gasteiger partial charge in [0.1, 0.15) is 0 Å². The van der Waals surface area contributed by atoms with Gasteiger partial charge in [0.15, 0.2) is 0 Å². The molecule has 2 aromatic carbocycles. The van der Waals surface area contributed by atoms with Gasteiger partial charge in [-0.05, 0) is 37.1 Å². The summed E-state index contributed by atoms with van der Waals surface area (Å²) in [7, 11) is 0. The smallest absolute Gasteiger partial charge is 0.267 e. The molecule has 3 rings (SSSR count). The molecular formula is C20H22N2O2. The van der Waals surface area contributed by atoms with Gasteiger partial charge in [-0.2, -0.15) is 0 Å². The van der Waals surface area contributed by atoms with Crippen molar-refractivity contribution in [2.24, 2.45) is 0 Å². The largest absolute Gasteiger partial charge is 0.272 e. The molecule has 0 unspecified atom stereocenters. The molecule has 0 aliphatic heterocycles. The molecule has 24 heavy (non-hydrogen) atoms. The van der Waals surface area contributed by atoms with E-state index >= 15 is 0 Å². The summed E-state index contributed by atoms with van der Waals surface area (Å²) in [5, 5.41) is 1.55. The molecule has 1 fully saturated rings. The number of rotatable bonds is 3. The van der Waals surface area contributed by atoms with Crippen molar-refractivity contribution in [1.82, 2.24) is 10.4 Å². The highest BCUT2D eigenvalue weighted by molar-refractivity contribution is 5.99. The Hall–Kier alpha value is -2.62. The Kier molecular flexibility index (Phi) is 5.26. The molecule has 1 aliphatic rings. The van der Waals surface area contributed by atoms with Gasteiger partial charge in [0.25, 0.3) is 11.8 Å². The molecule has 4 nitrogen and oxygen atoms in total. The zero-order valence-corrected chi connectivity index (χ0v) is 13.7. The zero-order chi connectivity index (χ0) is 16.8. The fraction of sp³-hybridized carbons (Fsp3) is 0.300. The molecule has 124 valence electrons. The second-order valence-electron chi connectivity index (χ2n) is 6.14. The normalized spacial score (nSPS) is 14.8. The van der Waals surface area contributed by atoms with Crippen LogP contribution in [0, 0.1) is 0 Å². The van der Waals surface area contributed by atoms with E-state index in [-0.39, 0.29) is 17.9 Å². The average Bonchev–Trinajstić information content (AvgIpc) is 2.67. The second kappa shape index (κ2) is 7.77. The lowest BCUT2D eigenvalue weighted by molar-refractivity contribution is 0.0428. The number of hydrogen-bond acceptors (Lipinski definition) is 2. The van der Waals surface area contributed by atoms with E-state index in [4.69, 9.17) is 0 Å². The lowest BCUT2D eigenvalue weighted by Gasteiger charge is -2.34. The van der Waals surface area contributed by atoms with Crippen molar-refractivity contribution in [3.63, 3.8) is 0 Å². The van der Waals surface area contributed by atoms with Gasteiger partial charge in [-0.15, -0.1) is 0 Å². The third-order valence-electron chi connectivity index (χ3n) is 4.44. The fourth-order valence-corrected chi connectivity index (χ4v) is 3.13. The Morgan fingerprint density at radius 3 is 1.92 bits per heavy atom. The molecule has 0 aromatic heterocycles. The number of carbonyl (C=O) groups is 2. The summed E-state index contributed by atoms with van der Waals surface area (Å²) < 4.78 is 0. The van der Waals surface area contributed by atoms with Crippen LogP contribution in [0.5, 0.6) is 0 Å². The fourth-order valence-electron chi connectivity index (χ4n) is 3.13. The molecule has 0 heterocycles. The van der Waals surface area contributed by atoms with Crippen LogP contribution in [0.2, 0.25) is 0 Å². The standard InChI is InChI=1S/C20H22N2O2/c23-19(16-10-4-1-5-11-16)21-22(18-14-8-3-9-15-18)20(24)17-12-6-2-7-13-17/h1-2,4-7,10-13,18H,3,8-9,14-15H2,(H,21,23). The minimum atomic E-state index is -0.245. The Balaban J connectivity index is 1.82. The number of hydrazine groups is 1. The molecule has 4 heteroatoms. The topological polar surface area (TPSA) is 49.4 Å². The van der Waals surface area contributed by atoms with Crippen molar-refractivity contribution >= 4 is 11.8 Å². The van der Waals surface area contributed by atoms with Crippen LogP contribution in [0.15, 0.2) is 60.7 Å². The molecule has 0 spiro atoms. The van der Waals surface area contributed by atoms with E-state index in [1.165, 1.54) is 6.42 Å². The van der Waals surface area contributed by atoms with Crippen LogP contribution in [-0.2, 0) is 0 Å². The summed E-state index contributed by atoms with van der Waals surface area (Å²) >= 11 is 0. The van der Waals surface area contributed by atoms with E-state index in [1.54, 1.807) is 29.3 Å². The van der Waals surface area contributed by atoms with Crippen LogP contribution in [0.4, 0.5) is 0 Å². The molecule has 0 saturated heterocycles. The molecule has 0 bridgehead atoms. The van der Waals surface area contributed by atoms with Crippen LogP contribution in [0.25, 0.3) is 0 Å². The van der Waals surface area contributed by atoms with Crippen LogP contribution in [-0.4, -0.2) is 22.9 Å². The monoisotopic (exact) mass is 322 g/mol. The molecule has 1 N–H and O–H groups in total. The summed E-state index contributed by atoms with van der Waals surface area (Å²) in [6, 6.07) is 18.2. The summed E-state index contributed by atoms with van der Waals surface area (Å²) in [6.45, 7) is 0. The zero-order valence-electron chi connectivity index (χ0n) is 13.7. The van der Waals surface area contributed by atoms with Crippen LogP contribution in [0.1, 0.15) is 52.8 Å². The highest BCUT2D eigenvalue weighted by Crippen LogP contribution is 2.23. The molecule has 2 amide bonds. The number of nitrogens with one attached hydrogen (secondary N) is 1. The van der Waals surface area contributed by atoms with Gasteiger partial charge in [-0.1, -0.05) is 55.7 Å². The van der Waals surface area contributed by atoms with Crippen LogP contribution >= 0.6 is 0 Å². The third-order valence-corrected chi connectivity index (χ3v) is 4.44. The molecule has 2 aromatic rings. The van der Waals surface area contributed by atoms with Gasteiger partial charge in [0.05, 0.1) is 6.04 Å². The van der Waals surface area contributed by atoms with Gasteiger partial charge in [0, 0.05) is 11.1 Å². The molecule has 1 saturated carbocycles. The third kappa shape index (κ3) is 3.82. The predicted molar refractivity (Wildman–Crippen MR) is 93.4 cm³/mol. The number of carbonyl (C=O) groups excluding carboxylic acids is 2. The molecule has 0 atom stereocenters. The highest BCUT2D eigenvalue weighted by atomic mass is 16.2. The number of amides is 2. The van der Waals surface area contributed by atoms with E-state index in [0.717, 1.165) is 25.7 Å². The Morgan fingerprint density at radius 1 is 0.792 bits per heavy atom. The van der Waals surface area contributed by atoms with E-state index in [1.807, 2.05) is 36.4 Å². The minimum absolute atomic E-state index is 0.0547. The Morgan fingerprint density at radius 2 is 1.33 bits per heavy atom. The average molecular weight is 322 g/mol. The van der Waals surface area contributed by atoms with Gasteiger partial charge in [0.2, 0.25) is 0 Å². The van der Waals surface area contributed by atoms with Crippen LogP contribution < -0.4 is 5.43 Å². The van der Waals surface area contributed by atoms with E-state index in [0.29, 0.717) is 11.1 Å². The van der Waals surface area contributed by atoms with Crippen molar-refractivity contribution < 1.29 is 9.59 Å². The van der Waals surface area contributed by atoms with Crippen molar-refractivity contribution in [2.75, 3.05) is 0 Å². The summed E-state index contributed by atoms with van der Waals surface area (Å²) in [5.41, 5.74) is 3.99. The highest BCUT2D eigenvalue weighted by Gasteiger charge is 2.28. The molecule has 1 aliphatic carbocycles. The maximum atomic E-state index is 12.9. The van der Waals surface area contributed by atoms with Gasteiger partial charge >= 0.3 is 0 Å². The summed E-state index contributed by atoms with van der Waals surface area (Å²) in [6.07, 6.45) is 5.21. The van der Waals surface area contributed by atoms with E-state index in [9.17, 15) is 9.59 Å². The maximum absolute atomic E-state index is 12.9. The first-order valence-electron chi connectivity index (χ1n) is 8.50. The Labute approximate surface area is 142 Å². The van der Waals surface area contributed by atoms with Crippen molar-refractivity contribution in [2.45, 2.75) is 38.1 Å². The number of nitrogens with zero attached hydrogens (tertiary/aromatic N) is 1. The first kappa shape index (κ1) is 16.2. The lowest BCUT2D eigenvalue weighted by Crippen LogP contribution is -2.52. The first-order valence-corrected chi connectivity index (χ1v) is 8.50.